The van der Waals surface area contributed by atoms with Crippen LogP contribution in [0.4, 0.5) is 0 Å². The summed E-state index contributed by atoms with van der Waals surface area (Å²) in [7, 11) is -0.750. The van der Waals surface area contributed by atoms with Crippen molar-refractivity contribution >= 4 is 20.1 Å². The highest BCUT2D eigenvalue weighted by Gasteiger charge is 1.98. The van der Waals surface area contributed by atoms with Crippen LogP contribution in [0.15, 0.2) is 30.3 Å². The number of nitrogens with zero attached hydrogens (tertiary/aromatic N) is 1. The number of hydrogen-bond donors (Lipinski definition) is 2. The molecule has 0 fully saturated rings. The molecule has 0 saturated heterocycles. The van der Waals surface area contributed by atoms with Gasteiger partial charge in [-0.05, 0) is 18.7 Å². The van der Waals surface area contributed by atoms with Gasteiger partial charge in [0.05, 0.1) is 0 Å². The lowest BCUT2D eigenvalue weighted by Gasteiger charge is -2.17. The highest BCUT2D eigenvalue weighted by Crippen LogP contribution is 2.02. The molecule has 0 heterocycles. The van der Waals surface area contributed by atoms with Crippen LogP contribution in [-0.2, 0) is 6.54 Å². The van der Waals surface area contributed by atoms with Gasteiger partial charge in [0, 0.05) is 6.54 Å². The Morgan fingerprint density at radius 2 is 1.50 bits per heavy atom. The average Bonchev–Trinajstić information content (AvgIpc) is 2.28. The maximum absolute atomic E-state index is 7.12. The zero-order chi connectivity index (χ0) is 11.5. The SMILES string of the molecule is CCN(CC)Cc1ccccc1.Cl.OBO. The van der Waals surface area contributed by atoms with Gasteiger partial charge < -0.3 is 10.0 Å². The minimum absolute atomic E-state index is 0. The summed E-state index contributed by atoms with van der Waals surface area (Å²) in [4.78, 5) is 2.41. The zero-order valence-electron chi connectivity index (χ0n) is 9.97. The molecule has 0 atom stereocenters. The highest BCUT2D eigenvalue weighted by molar-refractivity contribution is 6.13. The molecule has 16 heavy (non-hydrogen) atoms. The van der Waals surface area contributed by atoms with Gasteiger partial charge in [-0.2, -0.15) is 0 Å². The van der Waals surface area contributed by atoms with Crippen molar-refractivity contribution in [1.82, 2.24) is 4.90 Å². The molecule has 0 saturated carbocycles. The minimum Gasteiger partial charge on any atom is -0.430 e. The molecule has 0 aliphatic heterocycles. The molecule has 0 unspecified atom stereocenters. The number of benzene rings is 1. The van der Waals surface area contributed by atoms with Gasteiger partial charge in [0.2, 0.25) is 0 Å². The van der Waals surface area contributed by atoms with Gasteiger partial charge in [-0.25, -0.2) is 0 Å². The Labute approximate surface area is 105 Å². The van der Waals surface area contributed by atoms with E-state index in [1.54, 1.807) is 0 Å². The van der Waals surface area contributed by atoms with E-state index in [1.165, 1.54) is 5.56 Å². The summed E-state index contributed by atoms with van der Waals surface area (Å²) in [5, 5.41) is 14.2. The molecule has 1 aromatic carbocycles. The predicted octanol–water partition coefficient (Wildman–Crippen LogP) is 1.19. The molecule has 0 aliphatic carbocycles. The van der Waals surface area contributed by atoms with E-state index in [0.29, 0.717) is 0 Å². The van der Waals surface area contributed by atoms with Gasteiger partial charge in [0.15, 0.2) is 0 Å². The first-order chi connectivity index (χ1) is 7.28. The van der Waals surface area contributed by atoms with Crippen LogP contribution in [0.3, 0.4) is 0 Å². The second-order valence-corrected chi connectivity index (χ2v) is 3.09. The summed E-state index contributed by atoms with van der Waals surface area (Å²) in [5.74, 6) is 0. The molecule has 0 aromatic heterocycles. The number of rotatable bonds is 4. The van der Waals surface area contributed by atoms with Crippen LogP contribution in [0.2, 0.25) is 0 Å². The van der Waals surface area contributed by atoms with Gasteiger partial charge in [-0.1, -0.05) is 44.2 Å². The highest BCUT2D eigenvalue weighted by atomic mass is 35.5. The molecule has 0 bridgehead atoms. The second-order valence-electron chi connectivity index (χ2n) is 3.09. The van der Waals surface area contributed by atoms with Crippen molar-refractivity contribution in [3.63, 3.8) is 0 Å². The Kier molecular flexibility index (Phi) is 14.0. The van der Waals surface area contributed by atoms with Crippen molar-refractivity contribution in [3.8, 4) is 0 Å². The predicted molar refractivity (Wildman–Crippen MR) is 71.9 cm³/mol. The fraction of sp³-hybridized carbons (Fsp3) is 0.455. The third-order valence-corrected chi connectivity index (χ3v) is 2.14. The van der Waals surface area contributed by atoms with Gasteiger partial charge in [-0.15, -0.1) is 12.4 Å². The first-order valence-electron chi connectivity index (χ1n) is 5.26. The quantitative estimate of drug-likeness (QED) is 0.783. The van der Waals surface area contributed by atoms with Gasteiger partial charge in [0.25, 0.3) is 0 Å². The van der Waals surface area contributed by atoms with Crippen LogP contribution in [0.25, 0.3) is 0 Å². The molecule has 0 aliphatic rings. The van der Waals surface area contributed by atoms with Crippen LogP contribution in [0.1, 0.15) is 19.4 Å². The van der Waals surface area contributed by atoms with Crippen molar-refractivity contribution in [3.05, 3.63) is 35.9 Å². The lowest BCUT2D eigenvalue weighted by atomic mass is 10.2. The molecule has 0 amide bonds. The first-order valence-corrected chi connectivity index (χ1v) is 5.26. The summed E-state index contributed by atoms with van der Waals surface area (Å²) < 4.78 is 0. The van der Waals surface area contributed by atoms with E-state index in [4.69, 9.17) is 10.0 Å². The largest absolute Gasteiger partial charge is 0.432 e. The molecule has 0 spiro atoms. The zero-order valence-corrected chi connectivity index (χ0v) is 10.8. The summed E-state index contributed by atoms with van der Waals surface area (Å²) >= 11 is 0. The van der Waals surface area contributed by atoms with E-state index in [1.807, 2.05) is 0 Å². The van der Waals surface area contributed by atoms with Crippen molar-refractivity contribution in [2.75, 3.05) is 13.1 Å². The van der Waals surface area contributed by atoms with E-state index in [9.17, 15) is 0 Å². The van der Waals surface area contributed by atoms with Crippen molar-refractivity contribution < 1.29 is 10.0 Å². The van der Waals surface area contributed by atoms with E-state index < -0.39 is 7.69 Å². The van der Waals surface area contributed by atoms with E-state index in [-0.39, 0.29) is 12.4 Å². The maximum Gasteiger partial charge on any atom is 0.432 e. The summed E-state index contributed by atoms with van der Waals surface area (Å²) in [6.07, 6.45) is 0. The molecule has 1 aromatic rings. The Hall–Kier alpha value is -0.545. The molecule has 3 nitrogen and oxygen atoms in total. The van der Waals surface area contributed by atoms with Crippen LogP contribution in [0.5, 0.6) is 0 Å². The molecule has 2 N–H and O–H groups in total. The smallest absolute Gasteiger partial charge is 0.430 e. The molecule has 0 radical (unpaired) electrons. The molecule has 92 valence electrons. The summed E-state index contributed by atoms with van der Waals surface area (Å²) in [5.41, 5.74) is 1.40. The second kappa shape index (κ2) is 12.5. The monoisotopic (exact) mass is 245 g/mol. The van der Waals surface area contributed by atoms with E-state index >= 15 is 0 Å². The topological polar surface area (TPSA) is 43.7 Å². The van der Waals surface area contributed by atoms with Crippen molar-refractivity contribution in [1.29, 1.82) is 0 Å². The Morgan fingerprint density at radius 1 is 1.06 bits per heavy atom. The lowest BCUT2D eigenvalue weighted by molar-refractivity contribution is 0.296. The Morgan fingerprint density at radius 3 is 1.88 bits per heavy atom. The lowest BCUT2D eigenvalue weighted by Crippen LogP contribution is -2.21. The fourth-order valence-electron chi connectivity index (χ4n) is 1.29. The van der Waals surface area contributed by atoms with Crippen LogP contribution >= 0.6 is 12.4 Å². The average molecular weight is 246 g/mol. The normalized spacial score (nSPS) is 8.81. The standard InChI is InChI=1S/C11H17N.BH3O2.ClH/c1-3-12(4-2)10-11-8-6-5-7-9-11;2-1-3;/h5-9H,3-4,10H2,1-2H3;1-3H;1H. The maximum atomic E-state index is 7.12. The Bertz CT molecular complexity index is 233. The van der Waals surface area contributed by atoms with E-state index in [2.05, 4.69) is 49.1 Å². The van der Waals surface area contributed by atoms with Gasteiger partial charge in [-0.3, -0.25) is 4.90 Å². The van der Waals surface area contributed by atoms with Crippen LogP contribution in [0, 0.1) is 0 Å². The Balaban J connectivity index is 0. The van der Waals surface area contributed by atoms with Crippen molar-refractivity contribution in [2.24, 2.45) is 0 Å². The third kappa shape index (κ3) is 8.74. The molecular formula is C11H21BClNO2. The number of halogens is 1. The molecule has 5 heteroatoms. The minimum atomic E-state index is -0.750. The molecular weight excluding hydrogens is 224 g/mol. The number of hydrogen-bond acceptors (Lipinski definition) is 3. The van der Waals surface area contributed by atoms with Gasteiger partial charge >= 0.3 is 7.69 Å². The summed E-state index contributed by atoms with van der Waals surface area (Å²) in [6.45, 7) is 7.74. The summed E-state index contributed by atoms with van der Waals surface area (Å²) in [6, 6.07) is 10.6. The van der Waals surface area contributed by atoms with Crippen LogP contribution in [-0.4, -0.2) is 35.7 Å². The van der Waals surface area contributed by atoms with E-state index in [0.717, 1.165) is 19.6 Å². The first kappa shape index (κ1) is 17.8. The van der Waals surface area contributed by atoms with Gasteiger partial charge in [0.1, 0.15) is 0 Å². The third-order valence-electron chi connectivity index (χ3n) is 2.14. The van der Waals surface area contributed by atoms with Crippen molar-refractivity contribution in [2.45, 2.75) is 20.4 Å². The van der Waals surface area contributed by atoms with Crippen LogP contribution < -0.4 is 0 Å². The fourth-order valence-corrected chi connectivity index (χ4v) is 1.29. The molecule has 1 rings (SSSR count).